The van der Waals surface area contributed by atoms with E-state index in [1.54, 1.807) is 73.5 Å². The smallest absolute Gasteiger partial charge is 0.299 e. The number of aromatic nitrogens is 2. The fourth-order valence-corrected chi connectivity index (χ4v) is 3.52. The molecule has 0 aliphatic heterocycles. The summed E-state index contributed by atoms with van der Waals surface area (Å²) in [7, 11) is -0.762. The van der Waals surface area contributed by atoms with Crippen LogP contribution in [0.25, 0.3) is 0 Å². The fourth-order valence-electron chi connectivity index (χ4n) is 2.81. The van der Waals surface area contributed by atoms with Crippen molar-refractivity contribution in [2.45, 2.75) is 6.54 Å². The summed E-state index contributed by atoms with van der Waals surface area (Å²) in [4.78, 5) is 16.7. The number of pyridine rings is 1. The van der Waals surface area contributed by atoms with Crippen LogP contribution in [0.15, 0.2) is 60.9 Å². The van der Waals surface area contributed by atoms with Gasteiger partial charge in [-0.05, 0) is 48.5 Å². The number of nitrogens with zero attached hydrogens (tertiary/aromatic N) is 3. The third kappa shape index (κ3) is 4.05. The molecule has 2 aromatic heterocycles. The summed E-state index contributed by atoms with van der Waals surface area (Å²) in [5, 5.41) is 5.38. The molecule has 9 heteroatoms. The van der Waals surface area contributed by atoms with E-state index in [0.29, 0.717) is 28.4 Å². The summed E-state index contributed by atoms with van der Waals surface area (Å²) in [5.74, 6) is 0.476. The molecule has 0 aliphatic carbocycles. The van der Waals surface area contributed by atoms with Crippen molar-refractivity contribution in [1.82, 2.24) is 9.55 Å². The Kier molecular flexibility index (Phi) is 5.48. The van der Waals surface area contributed by atoms with Gasteiger partial charge in [0.05, 0.1) is 31.2 Å². The summed E-state index contributed by atoms with van der Waals surface area (Å²) >= 11 is 0. The standard InChI is InChI=1S/C19H20N4O4S/c1-22-16(13-23(28(20,25)26)15-4-3-11-21-12-15)7-10-18(22)19(24)14-5-8-17(27-2)9-6-14/h3-12H,13H2,1-2H3,(H2,20,25,26). The zero-order valence-corrected chi connectivity index (χ0v) is 16.3. The number of methoxy groups -OCH3 is 1. The quantitative estimate of drug-likeness (QED) is 0.609. The van der Waals surface area contributed by atoms with Crippen LogP contribution in [-0.4, -0.2) is 30.9 Å². The predicted molar refractivity (Wildman–Crippen MR) is 105 cm³/mol. The van der Waals surface area contributed by atoms with Crippen LogP contribution in [0.3, 0.4) is 0 Å². The van der Waals surface area contributed by atoms with Crippen molar-refractivity contribution in [2.75, 3.05) is 11.4 Å². The van der Waals surface area contributed by atoms with Crippen LogP contribution in [0.5, 0.6) is 5.75 Å². The van der Waals surface area contributed by atoms with Crippen LogP contribution >= 0.6 is 0 Å². The number of hydrogen-bond acceptors (Lipinski definition) is 5. The molecule has 3 rings (SSSR count). The van der Waals surface area contributed by atoms with Gasteiger partial charge in [0.2, 0.25) is 5.78 Å². The topological polar surface area (TPSA) is 108 Å². The Morgan fingerprint density at radius 2 is 1.89 bits per heavy atom. The van der Waals surface area contributed by atoms with E-state index in [9.17, 15) is 13.2 Å². The highest BCUT2D eigenvalue weighted by Crippen LogP contribution is 2.21. The monoisotopic (exact) mass is 400 g/mol. The van der Waals surface area contributed by atoms with E-state index in [-0.39, 0.29) is 12.3 Å². The zero-order chi connectivity index (χ0) is 20.3. The lowest BCUT2D eigenvalue weighted by Crippen LogP contribution is -2.36. The number of anilines is 1. The first-order valence-electron chi connectivity index (χ1n) is 8.35. The van der Waals surface area contributed by atoms with Gasteiger partial charge in [-0.3, -0.25) is 14.1 Å². The minimum absolute atomic E-state index is 0.0308. The summed E-state index contributed by atoms with van der Waals surface area (Å²) in [6.07, 6.45) is 2.95. The Balaban J connectivity index is 1.90. The third-order valence-corrected chi connectivity index (χ3v) is 5.31. The molecule has 0 radical (unpaired) electrons. The highest BCUT2D eigenvalue weighted by atomic mass is 32.2. The van der Waals surface area contributed by atoms with Gasteiger partial charge in [0, 0.05) is 24.5 Å². The molecule has 0 atom stereocenters. The minimum Gasteiger partial charge on any atom is -0.497 e. The Morgan fingerprint density at radius 3 is 2.46 bits per heavy atom. The maximum Gasteiger partial charge on any atom is 0.299 e. The summed E-state index contributed by atoms with van der Waals surface area (Å²) in [6.45, 7) is -0.0308. The van der Waals surface area contributed by atoms with Crippen LogP contribution < -0.4 is 14.2 Å². The van der Waals surface area contributed by atoms with Gasteiger partial charge in [-0.1, -0.05) is 0 Å². The maximum absolute atomic E-state index is 12.8. The fraction of sp³-hybridized carbons (Fsp3) is 0.158. The number of ketones is 1. The lowest BCUT2D eigenvalue weighted by molar-refractivity contribution is 0.103. The Morgan fingerprint density at radius 1 is 1.18 bits per heavy atom. The molecular formula is C19H20N4O4S. The number of ether oxygens (including phenoxy) is 1. The van der Waals surface area contributed by atoms with E-state index < -0.39 is 10.2 Å². The van der Waals surface area contributed by atoms with Crippen LogP contribution in [0.1, 0.15) is 21.7 Å². The molecule has 0 fully saturated rings. The summed E-state index contributed by atoms with van der Waals surface area (Å²) in [5.41, 5.74) is 1.88. The maximum atomic E-state index is 12.8. The van der Waals surface area contributed by atoms with Crippen molar-refractivity contribution in [3.05, 3.63) is 77.9 Å². The highest BCUT2D eigenvalue weighted by molar-refractivity contribution is 7.90. The molecule has 1 aromatic carbocycles. The van der Waals surface area contributed by atoms with E-state index in [4.69, 9.17) is 9.88 Å². The number of nitrogens with two attached hydrogens (primary N) is 1. The van der Waals surface area contributed by atoms with Gasteiger partial charge in [0.1, 0.15) is 5.75 Å². The van der Waals surface area contributed by atoms with Gasteiger partial charge in [-0.2, -0.15) is 8.42 Å². The number of hydrogen-bond donors (Lipinski definition) is 1. The SMILES string of the molecule is COc1ccc(C(=O)c2ccc(CN(c3cccnc3)S(N)(=O)=O)n2C)cc1. The van der Waals surface area contributed by atoms with Crippen molar-refractivity contribution in [3.8, 4) is 5.75 Å². The van der Waals surface area contributed by atoms with Gasteiger partial charge < -0.3 is 9.30 Å². The second-order valence-corrected chi connectivity index (χ2v) is 7.56. The number of carbonyl (C=O) groups excluding carboxylic acids is 1. The Bertz CT molecular complexity index is 1080. The zero-order valence-electron chi connectivity index (χ0n) is 15.4. The molecular weight excluding hydrogens is 380 g/mol. The Hall–Kier alpha value is -3.17. The van der Waals surface area contributed by atoms with Gasteiger partial charge in [0.15, 0.2) is 0 Å². The van der Waals surface area contributed by atoms with Crippen LogP contribution in [0.4, 0.5) is 5.69 Å². The number of carbonyl (C=O) groups is 1. The summed E-state index contributed by atoms with van der Waals surface area (Å²) < 4.78 is 31.9. The first kappa shape index (κ1) is 19.6. The van der Waals surface area contributed by atoms with Crippen LogP contribution in [0, 0.1) is 0 Å². The third-order valence-electron chi connectivity index (χ3n) is 4.36. The first-order valence-corrected chi connectivity index (χ1v) is 9.85. The average Bonchev–Trinajstić information content (AvgIpc) is 3.05. The molecule has 0 saturated carbocycles. The molecule has 0 spiro atoms. The first-order chi connectivity index (χ1) is 13.3. The molecule has 0 aliphatic rings. The van der Waals surface area contributed by atoms with Crippen molar-refractivity contribution >= 4 is 21.7 Å². The van der Waals surface area contributed by atoms with Crippen LogP contribution in [-0.2, 0) is 23.8 Å². The lowest BCUT2D eigenvalue weighted by Gasteiger charge is -2.22. The van der Waals surface area contributed by atoms with Gasteiger partial charge in [-0.25, -0.2) is 5.14 Å². The molecule has 2 N–H and O–H groups in total. The van der Waals surface area contributed by atoms with E-state index >= 15 is 0 Å². The van der Waals surface area contributed by atoms with Crippen molar-refractivity contribution in [1.29, 1.82) is 0 Å². The molecule has 2 heterocycles. The van der Waals surface area contributed by atoms with Crippen molar-refractivity contribution < 1.29 is 17.9 Å². The molecule has 3 aromatic rings. The van der Waals surface area contributed by atoms with Crippen molar-refractivity contribution in [2.24, 2.45) is 12.2 Å². The Labute approximate surface area is 163 Å². The number of benzene rings is 1. The van der Waals surface area contributed by atoms with E-state index in [0.717, 1.165) is 4.31 Å². The molecule has 0 saturated heterocycles. The molecule has 0 unspecified atom stereocenters. The normalized spacial score (nSPS) is 11.2. The van der Waals surface area contributed by atoms with E-state index in [1.165, 1.54) is 6.20 Å². The molecule has 146 valence electrons. The van der Waals surface area contributed by atoms with Crippen LogP contribution in [0.2, 0.25) is 0 Å². The van der Waals surface area contributed by atoms with Gasteiger partial charge in [-0.15, -0.1) is 0 Å². The van der Waals surface area contributed by atoms with Gasteiger partial charge >= 0.3 is 0 Å². The molecule has 28 heavy (non-hydrogen) atoms. The van der Waals surface area contributed by atoms with Crippen molar-refractivity contribution in [3.63, 3.8) is 0 Å². The van der Waals surface area contributed by atoms with E-state index in [2.05, 4.69) is 4.98 Å². The largest absolute Gasteiger partial charge is 0.497 e. The molecule has 0 bridgehead atoms. The summed E-state index contributed by atoms with van der Waals surface area (Å²) in [6, 6.07) is 13.4. The second kappa shape index (κ2) is 7.83. The predicted octanol–water partition coefficient (Wildman–Crippen LogP) is 1.87. The second-order valence-electron chi connectivity index (χ2n) is 6.09. The number of rotatable bonds is 7. The van der Waals surface area contributed by atoms with Gasteiger partial charge in [0.25, 0.3) is 10.2 Å². The average molecular weight is 400 g/mol. The highest BCUT2D eigenvalue weighted by Gasteiger charge is 2.22. The lowest BCUT2D eigenvalue weighted by atomic mass is 10.1. The molecule has 0 amide bonds. The van der Waals surface area contributed by atoms with E-state index in [1.807, 2.05) is 0 Å². The minimum atomic E-state index is -4.02. The molecule has 8 nitrogen and oxygen atoms in total.